The van der Waals surface area contributed by atoms with Crippen LogP contribution in [0.2, 0.25) is 0 Å². The molecule has 2 rings (SSSR count). The number of carboxylic acid groups (broad SMARTS) is 2. The minimum absolute atomic E-state index is 0.0511. The van der Waals surface area contributed by atoms with Gasteiger partial charge in [0.25, 0.3) is 0 Å². The number of aromatic amines is 1. The lowest BCUT2D eigenvalue weighted by Gasteiger charge is -2.25. The van der Waals surface area contributed by atoms with Gasteiger partial charge >= 0.3 is 11.9 Å². The van der Waals surface area contributed by atoms with E-state index in [-0.39, 0.29) is 25.7 Å². The number of rotatable bonds is 16. The Balaban J connectivity index is 2.24. The van der Waals surface area contributed by atoms with E-state index in [1.54, 1.807) is 6.20 Å². The van der Waals surface area contributed by atoms with Gasteiger partial charge in [-0.05, 0) is 50.8 Å². The topological polar surface area (TPSA) is 230 Å². The number of carbonyl (C=O) groups excluding carboxylic acids is 3. The number of hydrogen-bond acceptors (Lipinski definition) is 7. The lowest BCUT2D eigenvalue weighted by molar-refractivity contribution is -0.142. The van der Waals surface area contributed by atoms with Crippen LogP contribution in [0.5, 0.6) is 0 Å². The maximum atomic E-state index is 13.3. The summed E-state index contributed by atoms with van der Waals surface area (Å²) in [6.07, 6.45) is 2.61. The molecule has 0 aliphatic rings. The molecule has 0 fully saturated rings. The number of nitrogens with two attached hydrogens (primary N) is 2. The van der Waals surface area contributed by atoms with Gasteiger partial charge in [-0.25, -0.2) is 0 Å². The standard InChI is InChI=1S/C25H36N6O7/c1-14(25(37)38)29-24(36)20(12-15-13-28-18-7-3-2-6-16(15)18)31-23(35)19(8-4-5-11-26)30-22(34)17(27)9-10-21(32)33/h2-3,6-7,13-14,17,19-20,28H,4-5,8-12,26-27H2,1H3,(H,29,36)(H,30,34)(H,31,35)(H,32,33)(H,37,38). The van der Waals surface area contributed by atoms with Crippen LogP contribution in [0.3, 0.4) is 0 Å². The summed E-state index contributed by atoms with van der Waals surface area (Å²) < 4.78 is 0. The number of nitrogens with one attached hydrogen (secondary N) is 4. The van der Waals surface area contributed by atoms with E-state index in [9.17, 15) is 29.1 Å². The van der Waals surface area contributed by atoms with E-state index >= 15 is 0 Å². The molecule has 2 aromatic rings. The molecular formula is C25H36N6O7. The molecule has 208 valence electrons. The van der Waals surface area contributed by atoms with Crippen molar-refractivity contribution in [2.45, 2.75) is 69.6 Å². The molecule has 38 heavy (non-hydrogen) atoms. The average molecular weight is 533 g/mol. The fourth-order valence-corrected chi connectivity index (χ4v) is 3.83. The second kappa shape index (κ2) is 14.7. The quantitative estimate of drug-likeness (QED) is 0.131. The minimum Gasteiger partial charge on any atom is -0.481 e. The number of hydrogen-bond donors (Lipinski definition) is 8. The number of aliphatic carboxylic acids is 2. The van der Waals surface area contributed by atoms with Crippen LogP contribution in [-0.2, 0) is 30.4 Å². The van der Waals surface area contributed by atoms with Gasteiger partial charge in [-0.3, -0.25) is 24.0 Å². The Morgan fingerprint density at radius 2 is 1.58 bits per heavy atom. The maximum Gasteiger partial charge on any atom is 0.325 e. The summed E-state index contributed by atoms with van der Waals surface area (Å²) in [7, 11) is 0. The Bertz CT molecular complexity index is 1130. The first-order valence-corrected chi connectivity index (χ1v) is 12.4. The predicted octanol–water partition coefficient (Wildman–Crippen LogP) is -0.410. The fraction of sp³-hybridized carbons (Fsp3) is 0.480. The van der Waals surface area contributed by atoms with E-state index in [1.807, 2.05) is 24.3 Å². The number of carboxylic acids is 2. The number of fused-ring (bicyclic) bond motifs is 1. The fourth-order valence-electron chi connectivity index (χ4n) is 3.83. The van der Waals surface area contributed by atoms with E-state index in [1.165, 1.54) is 6.92 Å². The van der Waals surface area contributed by atoms with E-state index in [0.29, 0.717) is 19.4 Å². The van der Waals surface area contributed by atoms with Crippen molar-refractivity contribution >= 4 is 40.6 Å². The number of amides is 3. The number of para-hydroxylation sites is 1. The molecule has 1 aromatic heterocycles. The first kappa shape index (κ1) is 30.3. The van der Waals surface area contributed by atoms with Crippen molar-refractivity contribution < 1.29 is 34.2 Å². The summed E-state index contributed by atoms with van der Waals surface area (Å²) in [5, 5.41) is 26.5. The van der Waals surface area contributed by atoms with E-state index in [2.05, 4.69) is 20.9 Å². The van der Waals surface area contributed by atoms with Crippen LogP contribution >= 0.6 is 0 Å². The van der Waals surface area contributed by atoms with Gasteiger partial charge in [-0.2, -0.15) is 0 Å². The van der Waals surface area contributed by atoms with Gasteiger partial charge in [0.15, 0.2) is 0 Å². The number of aromatic nitrogens is 1. The molecule has 0 saturated carbocycles. The Hall–Kier alpha value is -3.97. The average Bonchev–Trinajstić information content (AvgIpc) is 3.28. The summed E-state index contributed by atoms with van der Waals surface area (Å²) in [6.45, 7) is 1.68. The van der Waals surface area contributed by atoms with Crippen molar-refractivity contribution in [1.82, 2.24) is 20.9 Å². The third kappa shape index (κ3) is 9.16. The maximum absolute atomic E-state index is 13.3. The number of carbonyl (C=O) groups is 5. The lowest BCUT2D eigenvalue weighted by atomic mass is 10.0. The highest BCUT2D eigenvalue weighted by molar-refractivity contribution is 5.94. The molecule has 0 saturated heterocycles. The van der Waals surface area contributed by atoms with Gasteiger partial charge in [0.1, 0.15) is 18.1 Å². The van der Waals surface area contributed by atoms with Crippen LogP contribution in [-0.4, -0.2) is 75.6 Å². The van der Waals surface area contributed by atoms with Crippen molar-refractivity contribution in [2.75, 3.05) is 6.54 Å². The summed E-state index contributed by atoms with van der Waals surface area (Å²) in [6, 6.07) is 2.82. The summed E-state index contributed by atoms with van der Waals surface area (Å²) >= 11 is 0. The molecule has 0 aliphatic heterocycles. The number of unbranched alkanes of at least 4 members (excludes halogenated alkanes) is 1. The smallest absolute Gasteiger partial charge is 0.325 e. The highest BCUT2D eigenvalue weighted by Gasteiger charge is 2.30. The van der Waals surface area contributed by atoms with Gasteiger partial charge in [0.05, 0.1) is 6.04 Å². The van der Waals surface area contributed by atoms with Crippen LogP contribution in [0, 0.1) is 0 Å². The SMILES string of the molecule is CC(NC(=O)C(Cc1c[nH]c2ccccc12)NC(=O)C(CCCCN)NC(=O)C(N)CCC(=O)O)C(=O)O. The molecule has 1 heterocycles. The van der Waals surface area contributed by atoms with E-state index in [4.69, 9.17) is 16.6 Å². The Morgan fingerprint density at radius 3 is 2.24 bits per heavy atom. The third-order valence-electron chi connectivity index (χ3n) is 6.05. The Labute approximate surface area is 219 Å². The van der Waals surface area contributed by atoms with Crippen LogP contribution in [0.25, 0.3) is 10.9 Å². The molecule has 3 amide bonds. The highest BCUT2D eigenvalue weighted by atomic mass is 16.4. The van der Waals surface area contributed by atoms with Crippen molar-refractivity contribution in [2.24, 2.45) is 11.5 Å². The minimum atomic E-state index is -1.24. The zero-order chi connectivity index (χ0) is 28.2. The Kier molecular flexibility index (Phi) is 11.7. The molecule has 10 N–H and O–H groups in total. The normalized spacial score (nSPS) is 14.2. The van der Waals surface area contributed by atoms with Crippen LogP contribution in [0.15, 0.2) is 30.5 Å². The molecule has 13 heteroatoms. The summed E-state index contributed by atoms with van der Waals surface area (Å²) in [4.78, 5) is 64.1. The number of H-pyrrole nitrogens is 1. The van der Waals surface area contributed by atoms with Crippen molar-refractivity contribution in [3.63, 3.8) is 0 Å². The van der Waals surface area contributed by atoms with Crippen LogP contribution in [0.1, 0.15) is 44.6 Å². The van der Waals surface area contributed by atoms with Gasteiger partial charge in [0, 0.05) is 29.9 Å². The van der Waals surface area contributed by atoms with Gasteiger partial charge < -0.3 is 42.6 Å². The molecule has 1 aromatic carbocycles. The van der Waals surface area contributed by atoms with Gasteiger partial charge in [-0.1, -0.05) is 18.2 Å². The second-order valence-electron chi connectivity index (χ2n) is 9.08. The third-order valence-corrected chi connectivity index (χ3v) is 6.05. The molecule has 4 unspecified atom stereocenters. The summed E-state index contributed by atoms with van der Waals surface area (Å²) in [5.41, 5.74) is 12.9. The van der Waals surface area contributed by atoms with Gasteiger partial charge in [0.2, 0.25) is 17.7 Å². The van der Waals surface area contributed by atoms with E-state index < -0.39 is 53.8 Å². The largest absolute Gasteiger partial charge is 0.481 e. The monoisotopic (exact) mass is 532 g/mol. The molecular weight excluding hydrogens is 496 g/mol. The zero-order valence-corrected chi connectivity index (χ0v) is 21.2. The van der Waals surface area contributed by atoms with E-state index in [0.717, 1.165) is 16.5 Å². The molecule has 0 spiro atoms. The van der Waals surface area contributed by atoms with Crippen LogP contribution in [0.4, 0.5) is 0 Å². The van der Waals surface area contributed by atoms with Crippen LogP contribution < -0.4 is 27.4 Å². The highest BCUT2D eigenvalue weighted by Crippen LogP contribution is 2.19. The molecule has 13 nitrogen and oxygen atoms in total. The van der Waals surface area contributed by atoms with Crippen molar-refractivity contribution in [3.8, 4) is 0 Å². The van der Waals surface area contributed by atoms with Crippen molar-refractivity contribution in [3.05, 3.63) is 36.0 Å². The molecule has 0 radical (unpaired) electrons. The first-order valence-electron chi connectivity index (χ1n) is 12.4. The molecule has 0 aliphatic carbocycles. The molecule has 0 bridgehead atoms. The predicted molar refractivity (Wildman–Crippen MR) is 139 cm³/mol. The summed E-state index contributed by atoms with van der Waals surface area (Å²) in [5.74, 6) is -4.41. The first-order chi connectivity index (χ1) is 18.0. The Morgan fingerprint density at radius 1 is 0.921 bits per heavy atom. The second-order valence-corrected chi connectivity index (χ2v) is 9.08. The van der Waals surface area contributed by atoms with Crippen molar-refractivity contribution in [1.29, 1.82) is 0 Å². The lowest BCUT2D eigenvalue weighted by Crippen LogP contribution is -2.57. The zero-order valence-electron chi connectivity index (χ0n) is 21.2. The molecule has 4 atom stereocenters. The number of benzene rings is 1. The van der Waals surface area contributed by atoms with Gasteiger partial charge in [-0.15, -0.1) is 0 Å².